The first-order valence-corrected chi connectivity index (χ1v) is 10.4. The number of hydrogen-bond donors (Lipinski definition) is 1. The smallest absolute Gasteiger partial charge is 0.255 e. The fourth-order valence-electron chi connectivity index (χ4n) is 3.87. The molecule has 2 amide bonds. The topological polar surface area (TPSA) is 49.4 Å². The molecule has 4 nitrogen and oxygen atoms in total. The largest absolute Gasteiger partial charge is 0.339 e. The quantitative estimate of drug-likeness (QED) is 0.728. The molecule has 1 aliphatic heterocycles. The van der Waals surface area contributed by atoms with Crippen LogP contribution in [0.2, 0.25) is 10.0 Å². The van der Waals surface area contributed by atoms with Crippen LogP contribution >= 0.6 is 23.2 Å². The summed E-state index contributed by atoms with van der Waals surface area (Å²) in [5.74, 6) is -0.0166. The van der Waals surface area contributed by atoms with Gasteiger partial charge in [-0.25, -0.2) is 0 Å². The average molecular weight is 417 g/mol. The van der Waals surface area contributed by atoms with Crippen LogP contribution in [0.4, 0.5) is 5.69 Å². The Kier molecular flexibility index (Phi) is 5.61. The summed E-state index contributed by atoms with van der Waals surface area (Å²) < 4.78 is 0. The summed E-state index contributed by atoms with van der Waals surface area (Å²) in [6.45, 7) is 1.55. The molecule has 0 aromatic heterocycles. The van der Waals surface area contributed by atoms with E-state index in [1.165, 1.54) is 6.42 Å². The minimum Gasteiger partial charge on any atom is -0.339 e. The highest BCUT2D eigenvalue weighted by Gasteiger charge is 2.44. The lowest BCUT2D eigenvalue weighted by Gasteiger charge is -2.27. The number of amides is 2. The van der Waals surface area contributed by atoms with Gasteiger partial charge in [0.05, 0.1) is 10.6 Å². The van der Waals surface area contributed by atoms with Crippen LogP contribution in [0.3, 0.4) is 0 Å². The third-order valence-corrected chi connectivity index (χ3v) is 6.20. The summed E-state index contributed by atoms with van der Waals surface area (Å²) >= 11 is 12.6. The van der Waals surface area contributed by atoms with Gasteiger partial charge in [0.1, 0.15) is 0 Å². The molecule has 1 saturated heterocycles. The first-order valence-electron chi connectivity index (χ1n) is 9.68. The third-order valence-electron chi connectivity index (χ3n) is 5.54. The predicted molar refractivity (Wildman–Crippen MR) is 112 cm³/mol. The SMILES string of the molecule is O=C(Nc1ccc(C(=O)N2CCCCC2)c(Cl)c1)C1CC1c1ccccc1Cl. The summed E-state index contributed by atoms with van der Waals surface area (Å²) in [4.78, 5) is 27.1. The van der Waals surface area contributed by atoms with E-state index in [2.05, 4.69) is 5.32 Å². The van der Waals surface area contributed by atoms with Gasteiger partial charge in [-0.2, -0.15) is 0 Å². The molecular weight excluding hydrogens is 395 g/mol. The Morgan fingerprint density at radius 2 is 1.71 bits per heavy atom. The number of rotatable bonds is 4. The molecule has 2 unspecified atom stereocenters. The molecule has 6 heteroatoms. The van der Waals surface area contributed by atoms with Gasteiger partial charge < -0.3 is 10.2 Å². The monoisotopic (exact) mass is 416 g/mol. The van der Waals surface area contributed by atoms with E-state index in [0.29, 0.717) is 21.3 Å². The van der Waals surface area contributed by atoms with Crippen molar-refractivity contribution < 1.29 is 9.59 Å². The van der Waals surface area contributed by atoms with Crippen LogP contribution in [0, 0.1) is 5.92 Å². The predicted octanol–water partition coefficient (Wildman–Crippen LogP) is 5.36. The van der Waals surface area contributed by atoms with Crippen molar-refractivity contribution in [2.24, 2.45) is 5.92 Å². The van der Waals surface area contributed by atoms with Crippen molar-refractivity contribution in [3.8, 4) is 0 Å². The molecule has 28 heavy (non-hydrogen) atoms. The first-order chi connectivity index (χ1) is 13.5. The Morgan fingerprint density at radius 3 is 2.43 bits per heavy atom. The number of carbonyl (C=O) groups is 2. The van der Waals surface area contributed by atoms with E-state index in [9.17, 15) is 9.59 Å². The molecule has 1 N–H and O–H groups in total. The van der Waals surface area contributed by atoms with Crippen molar-refractivity contribution in [1.82, 2.24) is 4.90 Å². The van der Waals surface area contributed by atoms with Gasteiger partial charge in [-0.15, -0.1) is 0 Å². The van der Waals surface area contributed by atoms with Gasteiger partial charge in [0, 0.05) is 29.7 Å². The number of halogens is 2. The molecule has 0 spiro atoms. The van der Waals surface area contributed by atoms with E-state index < -0.39 is 0 Å². The number of anilines is 1. The normalized spacial score (nSPS) is 21.3. The molecule has 2 aliphatic rings. The van der Waals surface area contributed by atoms with Crippen LogP contribution in [0.5, 0.6) is 0 Å². The van der Waals surface area contributed by atoms with Crippen molar-refractivity contribution in [2.45, 2.75) is 31.6 Å². The average Bonchev–Trinajstić information content (AvgIpc) is 3.49. The van der Waals surface area contributed by atoms with Crippen LogP contribution in [-0.2, 0) is 4.79 Å². The number of hydrogen-bond acceptors (Lipinski definition) is 2. The van der Waals surface area contributed by atoms with Crippen molar-refractivity contribution in [1.29, 1.82) is 0 Å². The second kappa shape index (κ2) is 8.14. The maximum Gasteiger partial charge on any atom is 0.255 e. The van der Waals surface area contributed by atoms with Crippen molar-refractivity contribution in [3.05, 3.63) is 63.6 Å². The highest BCUT2D eigenvalue weighted by Crippen LogP contribution is 2.50. The Bertz CT molecular complexity index is 909. The number of nitrogens with one attached hydrogen (secondary N) is 1. The number of likely N-dealkylation sites (tertiary alicyclic amines) is 1. The van der Waals surface area contributed by atoms with E-state index in [1.54, 1.807) is 18.2 Å². The van der Waals surface area contributed by atoms with Gasteiger partial charge in [-0.1, -0.05) is 41.4 Å². The lowest BCUT2D eigenvalue weighted by Crippen LogP contribution is -2.35. The molecule has 2 aromatic rings. The maximum absolute atomic E-state index is 12.6. The molecule has 2 atom stereocenters. The molecule has 1 aliphatic carbocycles. The number of benzene rings is 2. The molecule has 0 radical (unpaired) electrons. The van der Waals surface area contributed by atoms with Crippen molar-refractivity contribution in [3.63, 3.8) is 0 Å². The molecule has 4 rings (SSSR count). The highest BCUT2D eigenvalue weighted by molar-refractivity contribution is 6.34. The summed E-state index contributed by atoms with van der Waals surface area (Å²) in [5.41, 5.74) is 2.11. The minimum absolute atomic E-state index is 0.0384. The van der Waals surface area contributed by atoms with E-state index in [0.717, 1.165) is 37.9 Å². The van der Waals surface area contributed by atoms with E-state index in [4.69, 9.17) is 23.2 Å². The highest BCUT2D eigenvalue weighted by atomic mass is 35.5. The van der Waals surface area contributed by atoms with Gasteiger partial charge in [0.15, 0.2) is 0 Å². The minimum atomic E-state index is -0.0895. The summed E-state index contributed by atoms with van der Waals surface area (Å²) in [6, 6.07) is 12.7. The van der Waals surface area contributed by atoms with Crippen molar-refractivity contribution >= 4 is 40.7 Å². The zero-order chi connectivity index (χ0) is 19.7. The molecule has 2 fully saturated rings. The maximum atomic E-state index is 12.6. The lowest BCUT2D eigenvalue weighted by atomic mass is 10.1. The van der Waals surface area contributed by atoms with Gasteiger partial charge >= 0.3 is 0 Å². The van der Waals surface area contributed by atoms with Gasteiger partial charge in [-0.3, -0.25) is 9.59 Å². The number of piperidine rings is 1. The van der Waals surface area contributed by atoms with E-state index in [1.807, 2.05) is 29.2 Å². The van der Waals surface area contributed by atoms with Crippen LogP contribution in [-0.4, -0.2) is 29.8 Å². The van der Waals surface area contributed by atoms with Crippen LogP contribution < -0.4 is 5.32 Å². The Balaban J connectivity index is 1.40. The zero-order valence-electron chi connectivity index (χ0n) is 15.5. The Hall–Kier alpha value is -2.04. The molecule has 1 heterocycles. The second-order valence-electron chi connectivity index (χ2n) is 7.51. The Morgan fingerprint density at radius 1 is 0.964 bits per heavy atom. The van der Waals surface area contributed by atoms with Crippen molar-refractivity contribution in [2.75, 3.05) is 18.4 Å². The molecule has 0 bridgehead atoms. The lowest BCUT2D eigenvalue weighted by molar-refractivity contribution is -0.117. The fraction of sp³-hybridized carbons (Fsp3) is 0.364. The number of carbonyl (C=O) groups excluding carboxylic acids is 2. The third kappa shape index (κ3) is 4.03. The molecule has 2 aromatic carbocycles. The standard InChI is InChI=1S/C22H22Cl2N2O2/c23-19-7-3-2-6-15(19)17-13-18(17)21(27)25-14-8-9-16(20(24)12-14)22(28)26-10-4-1-5-11-26/h2-3,6-9,12,17-18H,1,4-5,10-11,13H2,(H,25,27). The molecule has 146 valence electrons. The van der Waals surface area contributed by atoms with Gasteiger partial charge in [-0.05, 0) is 61.4 Å². The first kappa shape index (κ1) is 19.3. The van der Waals surface area contributed by atoms with E-state index >= 15 is 0 Å². The fourth-order valence-corrected chi connectivity index (χ4v) is 4.41. The summed E-state index contributed by atoms with van der Waals surface area (Å²) in [6.07, 6.45) is 4.02. The van der Waals surface area contributed by atoms with Crippen LogP contribution in [0.15, 0.2) is 42.5 Å². The van der Waals surface area contributed by atoms with Crippen LogP contribution in [0.1, 0.15) is 47.5 Å². The molecule has 1 saturated carbocycles. The van der Waals surface area contributed by atoms with E-state index in [-0.39, 0.29) is 23.7 Å². The summed E-state index contributed by atoms with van der Waals surface area (Å²) in [7, 11) is 0. The second-order valence-corrected chi connectivity index (χ2v) is 8.32. The number of nitrogens with zero attached hydrogens (tertiary/aromatic N) is 1. The molecular formula is C22H22Cl2N2O2. The Labute approximate surface area is 174 Å². The van der Waals surface area contributed by atoms with Gasteiger partial charge in [0.2, 0.25) is 5.91 Å². The zero-order valence-corrected chi connectivity index (χ0v) is 17.0. The van der Waals surface area contributed by atoms with Crippen LogP contribution in [0.25, 0.3) is 0 Å². The summed E-state index contributed by atoms with van der Waals surface area (Å²) in [5, 5.41) is 3.99. The van der Waals surface area contributed by atoms with Gasteiger partial charge in [0.25, 0.3) is 5.91 Å².